The van der Waals surface area contributed by atoms with Crippen LogP contribution in [0.4, 0.5) is 5.82 Å². The van der Waals surface area contributed by atoms with Crippen LogP contribution in [-0.4, -0.2) is 30.4 Å². The third-order valence-electron chi connectivity index (χ3n) is 3.37. The Kier molecular flexibility index (Phi) is 6.77. The molecule has 0 bridgehead atoms. The summed E-state index contributed by atoms with van der Waals surface area (Å²) < 4.78 is 10.9. The maximum Gasteiger partial charge on any atom is 0.225 e. The molecule has 1 aromatic heterocycles. The van der Waals surface area contributed by atoms with Crippen LogP contribution in [0.2, 0.25) is 5.02 Å². The highest BCUT2D eigenvalue weighted by Gasteiger charge is 2.09. The molecular weight excluding hydrogens is 344 g/mol. The van der Waals surface area contributed by atoms with Gasteiger partial charge in [0.25, 0.3) is 0 Å². The number of rotatable bonds is 8. The van der Waals surface area contributed by atoms with Gasteiger partial charge in [-0.25, -0.2) is 4.98 Å². The average Bonchev–Trinajstić information content (AvgIpc) is 2.60. The second kappa shape index (κ2) is 9.03. The van der Waals surface area contributed by atoms with E-state index in [-0.39, 0.29) is 18.1 Å². The summed E-state index contributed by atoms with van der Waals surface area (Å²) in [5.41, 5.74) is 0.555. The highest BCUT2D eigenvalue weighted by atomic mass is 35.5. The van der Waals surface area contributed by atoms with Crippen molar-refractivity contribution < 1.29 is 19.1 Å². The number of amides is 1. The molecule has 1 N–H and O–H groups in total. The normalized spacial score (nSPS) is 10.2. The third-order valence-corrected chi connectivity index (χ3v) is 3.59. The van der Waals surface area contributed by atoms with Crippen molar-refractivity contribution in [1.82, 2.24) is 4.98 Å². The molecule has 0 saturated heterocycles. The number of methoxy groups -OCH3 is 1. The Morgan fingerprint density at radius 3 is 2.64 bits per heavy atom. The first-order valence-corrected chi connectivity index (χ1v) is 8.10. The zero-order valence-electron chi connectivity index (χ0n) is 14.0. The second-order valence-corrected chi connectivity index (χ2v) is 5.72. The zero-order chi connectivity index (χ0) is 18.2. The van der Waals surface area contributed by atoms with Gasteiger partial charge in [-0.2, -0.15) is 0 Å². The molecule has 0 radical (unpaired) electrons. The standard InChI is InChI=1S/C18H19ClN2O4/c1-12(22)13-5-7-15(16(10-13)24-2)25-9-3-4-18(23)21-17-8-6-14(19)11-20-17/h5-8,10-11H,3-4,9H2,1-2H3,(H,20,21,23). The molecule has 0 aliphatic heterocycles. The fraction of sp³-hybridized carbons (Fsp3) is 0.278. The molecule has 0 spiro atoms. The third kappa shape index (κ3) is 5.76. The molecule has 1 amide bonds. The topological polar surface area (TPSA) is 77.5 Å². The van der Waals surface area contributed by atoms with Gasteiger partial charge >= 0.3 is 0 Å². The Hall–Kier alpha value is -2.60. The van der Waals surface area contributed by atoms with Crippen LogP contribution >= 0.6 is 11.6 Å². The van der Waals surface area contributed by atoms with E-state index in [1.54, 1.807) is 30.3 Å². The van der Waals surface area contributed by atoms with Crippen molar-refractivity contribution in [1.29, 1.82) is 0 Å². The van der Waals surface area contributed by atoms with Crippen LogP contribution in [0, 0.1) is 0 Å². The monoisotopic (exact) mass is 362 g/mol. The molecule has 132 valence electrons. The highest BCUT2D eigenvalue weighted by molar-refractivity contribution is 6.30. The summed E-state index contributed by atoms with van der Waals surface area (Å²) in [4.78, 5) is 27.2. The van der Waals surface area contributed by atoms with Crippen LogP contribution in [0.5, 0.6) is 11.5 Å². The predicted molar refractivity (Wildman–Crippen MR) is 95.6 cm³/mol. The molecule has 1 aromatic carbocycles. The molecule has 0 aliphatic rings. The largest absolute Gasteiger partial charge is 0.493 e. The lowest BCUT2D eigenvalue weighted by molar-refractivity contribution is -0.116. The van der Waals surface area contributed by atoms with Gasteiger partial charge in [-0.15, -0.1) is 0 Å². The van der Waals surface area contributed by atoms with Crippen molar-refractivity contribution >= 4 is 29.1 Å². The number of nitrogens with one attached hydrogen (secondary N) is 1. The molecule has 0 atom stereocenters. The van der Waals surface area contributed by atoms with Crippen LogP contribution in [-0.2, 0) is 4.79 Å². The number of nitrogens with zero attached hydrogens (tertiary/aromatic N) is 1. The summed E-state index contributed by atoms with van der Waals surface area (Å²) in [6.45, 7) is 1.83. The predicted octanol–water partition coefficient (Wildman–Crippen LogP) is 3.74. The van der Waals surface area contributed by atoms with E-state index in [0.717, 1.165) is 0 Å². The SMILES string of the molecule is COc1cc(C(C)=O)ccc1OCCCC(=O)Nc1ccc(Cl)cn1. The second-order valence-electron chi connectivity index (χ2n) is 5.28. The lowest BCUT2D eigenvalue weighted by Crippen LogP contribution is -2.13. The zero-order valence-corrected chi connectivity index (χ0v) is 14.8. The van der Waals surface area contributed by atoms with Gasteiger partial charge in [0.15, 0.2) is 17.3 Å². The lowest BCUT2D eigenvalue weighted by atomic mass is 10.1. The first kappa shape index (κ1) is 18.7. The molecule has 0 saturated carbocycles. The van der Waals surface area contributed by atoms with Gasteiger partial charge in [-0.05, 0) is 43.7 Å². The van der Waals surface area contributed by atoms with E-state index >= 15 is 0 Å². The van der Waals surface area contributed by atoms with Crippen LogP contribution in [0.1, 0.15) is 30.1 Å². The molecule has 2 rings (SSSR count). The van der Waals surface area contributed by atoms with Gasteiger partial charge in [0.1, 0.15) is 5.82 Å². The van der Waals surface area contributed by atoms with Gasteiger partial charge in [0, 0.05) is 18.2 Å². The fourth-order valence-corrected chi connectivity index (χ4v) is 2.19. The molecule has 6 nitrogen and oxygen atoms in total. The maximum absolute atomic E-state index is 11.8. The number of Topliss-reactive ketones (excluding diaryl/α,β-unsaturated/α-hetero) is 1. The summed E-state index contributed by atoms with van der Waals surface area (Å²) in [7, 11) is 1.51. The summed E-state index contributed by atoms with van der Waals surface area (Å²) in [6.07, 6.45) is 2.28. The molecule has 1 heterocycles. The Balaban J connectivity index is 1.79. The smallest absolute Gasteiger partial charge is 0.225 e. The lowest BCUT2D eigenvalue weighted by Gasteiger charge is -2.11. The number of ketones is 1. The van der Waals surface area contributed by atoms with Crippen LogP contribution in [0.15, 0.2) is 36.5 Å². The Morgan fingerprint density at radius 2 is 2.00 bits per heavy atom. The van der Waals surface area contributed by atoms with E-state index in [0.29, 0.717) is 40.9 Å². The summed E-state index contributed by atoms with van der Waals surface area (Å²) in [5, 5.41) is 3.19. The number of halogens is 1. The van der Waals surface area contributed by atoms with Gasteiger partial charge in [0.2, 0.25) is 5.91 Å². The number of pyridine rings is 1. The maximum atomic E-state index is 11.8. The quantitative estimate of drug-likeness (QED) is 0.571. The van der Waals surface area contributed by atoms with Crippen LogP contribution < -0.4 is 14.8 Å². The number of anilines is 1. The molecular formula is C18H19ClN2O4. The molecule has 25 heavy (non-hydrogen) atoms. The summed E-state index contributed by atoms with van der Waals surface area (Å²) >= 11 is 5.74. The molecule has 0 aliphatic carbocycles. The van der Waals surface area contributed by atoms with Crippen molar-refractivity contribution in [3.05, 3.63) is 47.1 Å². The molecule has 7 heteroatoms. The first-order valence-electron chi connectivity index (χ1n) is 7.73. The minimum Gasteiger partial charge on any atom is -0.493 e. The van der Waals surface area contributed by atoms with Crippen molar-refractivity contribution in [2.75, 3.05) is 19.0 Å². The van der Waals surface area contributed by atoms with Crippen molar-refractivity contribution in [3.63, 3.8) is 0 Å². The Bertz CT molecular complexity index is 747. The fourth-order valence-electron chi connectivity index (χ4n) is 2.08. The van der Waals surface area contributed by atoms with E-state index in [1.165, 1.54) is 20.2 Å². The minimum absolute atomic E-state index is 0.0441. The van der Waals surface area contributed by atoms with Gasteiger partial charge < -0.3 is 14.8 Å². The van der Waals surface area contributed by atoms with Crippen molar-refractivity contribution in [3.8, 4) is 11.5 Å². The average molecular weight is 363 g/mol. The van der Waals surface area contributed by atoms with E-state index in [1.807, 2.05) is 0 Å². The van der Waals surface area contributed by atoms with Crippen molar-refractivity contribution in [2.24, 2.45) is 0 Å². The number of hydrogen-bond donors (Lipinski definition) is 1. The molecule has 0 fully saturated rings. The highest BCUT2D eigenvalue weighted by Crippen LogP contribution is 2.28. The van der Waals surface area contributed by atoms with Crippen LogP contribution in [0.3, 0.4) is 0 Å². The van der Waals surface area contributed by atoms with E-state index < -0.39 is 0 Å². The first-order chi connectivity index (χ1) is 12.0. The summed E-state index contributed by atoms with van der Waals surface area (Å²) in [5.74, 6) is 1.28. The number of aromatic nitrogens is 1. The van der Waals surface area contributed by atoms with E-state index in [9.17, 15) is 9.59 Å². The van der Waals surface area contributed by atoms with Crippen LogP contribution in [0.25, 0.3) is 0 Å². The van der Waals surface area contributed by atoms with Gasteiger partial charge in [0.05, 0.1) is 18.7 Å². The molecule has 2 aromatic rings. The number of carbonyl (C=O) groups excluding carboxylic acids is 2. The number of carbonyl (C=O) groups is 2. The van der Waals surface area contributed by atoms with E-state index in [2.05, 4.69) is 10.3 Å². The Morgan fingerprint density at radius 1 is 1.20 bits per heavy atom. The molecule has 0 unspecified atom stereocenters. The number of ether oxygens (including phenoxy) is 2. The number of hydrogen-bond acceptors (Lipinski definition) is 5. The summed E-state index contributed by atoms with van der Waals surface area (Å²) in [6, 6.07) is 8.30. The van der Waals surface area contributed by atoms with Crippen molar-refractivity contribution in [2.45, 2.75) is 19.8 Å². The minimum atomic E-state index is -0.155. The van der Waals surface area contributed by atoms with Gasteiger partial charge in [-0.1, -0.05) is 11.6 Å². The van der Waals surface area contributed by atoms with E-state index in [4.69, 9.17) is 21.1 Å². The van der Waals surface area contributed by atoms with Gasteiger partial charge in [-0.3, -0.25) is 9.59 Å². The Labute approximate surface area is 151 Å². The number of benzene rings is 1.